The van der Waals surface area contributed by atoms with E-state index in [2.05, 4.69) is 5.32 Å². The fourth-order valence-corrected chi connectivity index (χ4v) is 3.12. The number of amides is 1. The van der Waals surface area contributed by atoms with E-state index in [0.717, 1.165) is 24.2 Å². The first-order valence-corrected chi connectivity index (χ1v) is 6.88. The van der Waals surface area contributed by atoms with Crippen molar-refractivity contribution in [3.05, 3.63) is 29.8 Å². The summed E-state index contributed by atoms with van der Waals surface area (Å²) in [5, 5.41) is 12.6. The van der Waals surface area contributed by atoms with Crippen LogP contribution >= 0.6 is 0 Å². The van der Waals surface area contributed by atoms with Crippen LogP contribution in [0.1, 0.15) is 18.9 Å². The number of rotatable bonds is 2. The summed E-state index contributed by atoms with van der Waals surface area (Å²) in [6, 6.07) is 6.68. The van der Waals surface area contributed by atoms with Gasteiger partial charge in [-0.05, 0) is 31.5 Å². The third-order valence-electron chi connectivity index (χ3n) is 4.36. The van der Waals surface area contributed by atoms with E-state index < -0.39 is 17.4 Å². The van der Waals surface area contributed by atoms with E-state index >= 15 is 0 Å². The van der Waals surface area contributed by atoms with Crippen LogP contribution in [-0.2, 0) is 16.0 Å². The van der Waals surface area contributed by atoms with Crippen LogP contribution in [0.3, 0.4) is 0 Å². The van der Waals surface area contributed by atoms with Crippen LogP contribution in [0, 0.1) is 5.41 Å². The zero-order valence-electron chi connectivity index (χ0n) is 11.4. The second kappa shape index (κ2) is 4.59. The molecule has 1 aromatic rings. The summed E-state index contributed by atoms with van der Waals surface area (Å²) in [5.74, 6) is -1.02. The molecule has 0 bridgehead atoms. The molecule has 106 valence electrons. The molecule has 5 heteroatoms. The molecule has 1 unspecified atom stereocenters. The first kappa shape index (κ1) is 13.1. The molecule has 0 aliphatic carbocycles. The largest absolute Gasteiger partial charge is 0.480 e. The van der Waals surface area contributed by atoms with Crippen LogP contribution in [0.5, 0.6) is 0 Å². The maximum atomic E-state index is 12.9. The number of hydrogen-bond acceptors (Lipinski definition) is 3. The van der Waals surface area contributed by atoms with Gasteiger partial charge in [0.2, 0.25) is 5.91 Å². The van der Waals surface area contributed by atoms with Gasteiger partial charge in [0.15, 0.2) is 0 Å². The first-order valence-electron chi connectivity index (χ1n) is 6.88. The molecule has 2 heterocycles. The maximum absolute atomic E-state index is 12.9. The smallest absolute Gasteiger partial charge is 0.327 e. The van der Waals surface area contributed by atoms with Crippen molar-refractivity contribution >= 4 is 17.6 Å². The van der Waals surface area contributed by atoms with E-state index in [1.54, 1.807) is 0 Å². The lowest BCUT2D eigenvalue weighted by atomic mass is 9.87. The number of anilines is 1. The molecule has 2 aliphatic heterocycles. The van der Waals surface area contributed by atoms with Crippen LogP contribution in [0.2, 0.25) is 0 Å². The van der Waals surface area contributed by atoms with Gasteiger partial charge in [0.1, 0.15) is 6.04 Å². The van der Waals surface area contributed by atoms with Crippen LogP contribution in [0.15, 0.2) is 24.3 Å². The number of carbonyl (C=O) groups is 2. The fraction of sp³-hybridized carbons (Fsp3) is 0.467. The van der Waals surface area contributed by atoms with Crippen molar-refractivity contribution in [2.45, 2.75) is 25.8 Å². The van der Waals surface area contributed by atoms with Gasteiger partial charge < -0.3 is 10.4 Å². The minimum absolute atomic E-state index is 0.0835. The van der Waals surface area contributed by atoms with Crippen molar-refractivity contribution in [3.8, 4) is 0 Å². The minimum atomic E-state index is -0.941. The summed E-state index contributed by atoms with van der Waals surface area (Å²) >= 11 is 0. The fourth-order valence-electron chi connectivity index (χ4n) is 3.12. The Bertz CT molecular complexity index is 564. The van der Waals surface area contributed by atoms with Crippen molar-refractivity contribution in [1.29, 1.82) is 0 Å². The number of carbonyl (C=O) groups excluding carboxylic acids is 1. The predicted octanol–water partition coefficient (Wildman–Crippen LogP) is 1.03. The third kappa shape index (κ3) is 1.89. The molecule has 0 spiro atoms. The zero-order valence-corrected chi connectivity index (χ0v) is 11.4. The van der Waals surface area contributed by atoms with E-state index in [1.807, 2.05) is 31.2 Å². The Balaban J connectivity index is 2.00. The number of fused-ring (bicyclic) bond motifs is 1. The second-order valence-corrected chi connectivity index (χ2v) is 5.85. The highest BCUT2D eigenvalue weighted by Crippen LogP contribution is 2.37. The van der Waals surface area contributed by atoms with Gasteiger partial charge in [-0.15, -0.1) is 0 Å². The molecule has 5 nitrogen and oxygen atoms in total. The Morgan fingerprint density at radius 1 is 1.40 bits per heavy atom. The molecule has 0 saturated carbocycles. The van der Waals surface area contributed by atoms with Gasteiger partial charge in [0.05, 0.1) is 5.41 Å². The van der Waals surface area contributed by atoms with Crippen LogP contribution in [0.4, 0.5) is 5.69 Å². The highest BCUT2D eigenvalue weighted by atomic mass is 16.4. The van der Waals surface area contributed by atoms with E-state index in [1.165, 1.54) is 4.90 Å². The molecule has 0 radical (unpaired) electrons. The monoisotopic (exact) mass is 274 g/mol. The molecule has 2 aliphatic rings. The molecule has 3 rings (SSSR count). The minimum Gasteiger partial charge on any atom is -0.480 e. The van der Waals surface area contributed by atoms with E-state index in [9.17, 15) is 14.7 Å². The van der Waals surface area contributed by atoms with Gasteiger partial charge in [-0.25, -0.2) is 4.79 Å². The van der Waals surface area contributed by atoms with Gasteiger partial charge in [-0.1, -0.05) is 18.2 Å². The average Bonchev–Trinajstić information content (AvgIpc) is 3.02. The number of carboxylic acid groups (broad SMARTS) is 1. The third-order valence-corrected chi connectivity index (χ3v) is 4.36. The summed E-state index contributed by atoms with van der Waals surface area (Å²) in [5.41, 5.74) is 1.17. The number of hydrogen-bond donors (Lipinski definition) is 2. The molecule has 1 amide bonds. The number of para-hydroxylation sites is 1. The number of benzene rings is 1. The number of aliphatic carboxylic acids is 1. The summed E-state index contributed by atoms with van der Waals surface area (Å²) in [7, 11) is 0. The predicted molar refractivity (Wildman–Crippen MR) is 74.6 cm³/mol. The highest BCUT2D eigenvalue weighted by Gasteiger charge is 2.46. The van der Waals surface area contributed by atoms with Crippen molar-refractivity contribution < 1.29 is 14.7 Å². The molecule has 20 heavy (non-hydrogen) atoms. The van der Waals surface area contributed by atoms with E-state index in [4.69, 9.17) is 0 Å². The number of carboxylic acids is 1. The maximum Gasteiger partial charge on any atom is 0.327 e. The lowest BCUT2D eigenvalue weighted by Crippen LogP contribution is -2.50. The molecule has 1 fully saturated rings. The molecule has 0 aromatic heterocycles. The van der Waals surface area contributed by atoms with Gasteiger partial charge in [0.25, 0.3) is 0 Å². The number of nitrogens with one attached hydrogen (secondary N) is 1. The van der Waals surface area contributed by atoms with Crippen molar-refractivity contribution in [3.63, 3.8) is 0 Å². The summed E-state index contributed by atoms with van der Waals surface area (Å²) in [6.45, 7) is 3.32. The molecule has 2 N–H and O–H groups in total. The topological polar surface area (TPSA) is 69.6 Å². The summed E-state index contributed by atoms with van der Waals surface area (Å²) in [6.07, 6.45) is 1.14. The lowest BCUT2D eigenvalue weighted by Gasteiger charge is -2.31. The zero-order chi connectivity index (χ0) is 14.3. The summed E-state index contributed by atoms with van der Waals surface area (Å²) < 4.78 is 0. The molecule has 2 atom stereocenters. The van der Waals surface area contributed by atoms with Gasteiger partial charge in [-0.3, -0.25) is 9.69 Å². The van der Waals surface area contributed by atoms with E-state index in [-0.39, 0.29) is 5.91 Å². The van der Waals surface area contributed by atoms with E-state index in [0.29, 0.717) is 13.0 Å². The van der Waals surface area contributed by atoms with Crippen molar-refractivity contribution in [2.75, 3.05) is 18.0 Å². The molecule has 1 aromatic carbocycles. The standard InChI is InChI=1S/C15H18N2O3/c1-15(6-7-16-9-15)14(20)17-11-5-3-2-4-10(11)8-12(17)13(18)19/h2-5,12,16H,6-9H2,1H3,(H,18,19)/t12-,15?/m0/s1. The average molecular weight is 274 g/mol. The Morgan fingerprint density at radius 3 is 2.80 bits per heavy atom. The van der Waals surface area contributed by atoms with Crippen molar-refractivity contribution in [1.82, 2.24) is 5.32 Å². The Morgan fingerprint density at radius 2 is 2.15 bits per heavy atom. The quantitative estimate of drug-likeness (QED) is 0.845. The lowest BCUT2D eigenvalue weighted by molar-refractivity contribution is -0.140. The number of nitrogens with zero attached hydrogens (tertiary/aromatic N) is 1. The van der Waals surface area contributed by atoms with Gasteiger partial charge >= 0.3 is 5.97 Å². The SMILES string of the molecule is CC1(C(=O)N2c3ccccc3C[C@H]2C(=O)O)CCNC1. The normalized spacial score (nSPS) is 28.4. The van der Waals surface area contributed by atoms with Crippen molar-refractivity contribution in [2.24, 2.45) is 5.41 Å². The first-order chi connectivity index (χ1) is 9.53. The molecule has 1 saturated heterocycles. The summed E-state index contributed by atoms with van der Waals surface area (Å²) in [4.78, 5) is 25.9. The Labute approximate surface area is 117 Å². The van der Waals surface area contributed by atoms with Crippen LogP contribution in [-0.4, -0.2) is 36.1 Å². The van der Waals surface area contributed by atoms with Crippen LogP contribution < -0.4 is 10.2 Å². The highest BCUT2D eigenvalue weighted by molar-refractivity contribution is 6.04. The Kier molecular flexibility index (Phi) is 3.01. The van der Waals surface area contributed by atoms with Crippen LogP contribution in [0.25, 0.3) is 0 Å². The molecular formula is C15H18N2O3. The van der Waals surface area contributed by atoms with Gasteiger partial charge in [0, 0.05) is 18.7 Å². The molecular weight excluding hydrogens is 256 g/mol. The van der Waals surface area contributed by atoms with Gasteiger partial charge in [-0.2, -0.15) is 0 Å². The Hall–Kier alpha value is -1.88. The second-order valence-electron chi connectivity index (χ2n) is 5.85.